The fourth-order valence-electron chi connectivity index (χ4n) is 4.03. The molecule has 4 rings (SSSR count). The van der Waals surface area contributed by atoms with E-state index >= 15 is 0 Å². The predicted molar refractivity (Wildman–Crippen MR) is 102 cm³/mol. The molecule has 1 aromatic carbocycles. The molecule has 0 N–H and O–H groups in total. The van der Waals surface area contributed by atoms with Crippen LogP contribution in [0.4, 0.5) is 4.79 Å². The molecular weight excluding hydrogens is 360 g/mol. The fraction of sp³-hybridized carbons (Fsp3) is 0.619. The van der Waals surface area contributed by atoms with E-state index in [1.807, 2.05) is 32.9 Å². The Hall–Kier alpha value is -2.12. The Morgan fingerprint density at radius 3 is 2.82 bits per heavy atom. The maximum Gasteiger partial charge on any atom is 0.410 e. The van der Waals surface area contributed by atoms with Gasteiger partial charge < -0.3 is 19.1 Å². The number of hydrogen-bond donors (Lipinski definition) is 0. The largest absolute Gasteiger partial charge is 0.462 e. The summed E-state index contributed by atoms with van der Waals surface area (Å²) in [4.78, 5) is 28.3. The average Bonchev–Trinajstić information content (AvgIpc) is 2.66. The first kappa shape index (κ1) is 19.2. The van der Waals surface area contributed by atoms with Crippen LogP contribution in [-0.4, -0.2) is 72.9 Å². The second-order valence-corrected chi connectivity index (χ2v) is 8.70. The minimum Gasteiger partial charge on any atom is -0.462 e. The molecule has 3 aliphatic heterocycles. The van der Waals surface area contributed by atoms with E-state index in [2.05, 4.69) is 11.0 Å². The van der Waals surface area contributed by atoms with Crippen LogP contribution < -0.4 is 0 Å². The summed E-state index contributed by atoms with van der Waals surface area (Å²) in [6.45, 7) is 9.54. The Morgan fingerprint density at radius 2 is 2.04 bits per heavy atom. The summed E-state index contributed by atoms with van der Waals surface area (Å²) in [5, 5.41) is 0. The lowest BCUT2D eigenvalue weighted by Crippen LogP contribution is -2.60. The Bertz CT molecular complexity index is 773. The first-order valence-electron chi connectivity index (χ1n) is 9.94. The predicted octanol–water partition coefficient (Wildman–Crippen LogP) is 2.39. The highest BCUT2D eigenvalue weighted by Crippen LogP contribution is 2.29. The molecule has 0 spiro atoms. The van der Waals surface area contributed by atoms with E-state index in [0.29, 0.717) is 31.9 Å². The number of nitrogens with zero attached hydrogens (tertiary/aromatic N) is 2. The van der Waals surface area contributed by atoms with Crippen LogP contribution in [-0.2, 0) is 20.6 Å². The van der Waals surface area contributed by atoms with Crippen molar-refractivity contribution < 1.29 is 23.8 Å². The van der Waals surface area contributed by atoms with Gasteiger partial charge in [0.2, 0.25) is 0 Å². The summed E-state index contributed by atoms with van der Waals surface area (Å²) < 4.78 is 16.7. The van der Waals surface area contributed by atoms with Gasteiger partial charge in [0.15, 0.2) is 0 Å². The molecule has 2 fully saturated rings. The molecule has 152 valence electrons. The van der Waals surface area contributed by atoms with Crippen molar-refractivity contribution in [3.8, 4) is 0 Å². The molecule has 1 amide bonds. The molecule has 7 heteroatoms. The summed E-state index contributed by atoms with van der Waals surface area (Å²) >= 11 is 0. The molecule has 28 heavy (non-hydrogen) atoms. The average molecular weight is 388 g/mol. The first-order chi connectivity index (χ1) is 13.3. The van der Waals surface area contributed by atoms with Crippen LogP contribution in [0.2, 0.25) is 0 Å². The molecular formula is C21H28N2O5. The highest BCUT2D eigenvalue weighted by Gasteiger charge is 2.37. The number of amides is 1. The van der Waals surface area contributed by atoms with Crippen molar-refractivity contribution in [2.75, 3.05) is 39.4 Å². The van der Waals surface area contributed by atoms with E-state index in [9.17, 15) is 9.59 Å². The lowest BCUT2D eigenvalue weighted by molar-refractivity contribution is -0.0906. The van der Waals surface area contributed by atoms with Gasteiger partial charge in [-0.15, -0.1) is 0 Å². The van der Waals surface area contributed by atoms with Crippen LogP contribution in [0, 0.1) is 0 Å². The minimum atomic E-state index is -0.485. The van der Waals surface area contributed by atoms with Crippen LogP contribution in [0.3, 0.4) is 0 Å². The van der Waals surface area contributed by atoms with Crippen molar-refractivity contribution in [2.45, 2.75) is 44.9 Å². The molecule has 1 unspecified atom stereocenters. The smallest absolute Gasteiger partial charge is 0.410 e. The lowest BCUT2D eigenvalue weighted by Gasteiger charge is -2.46. The topological polar surface area (TPSA) is 68.3 Å². The lowest BCUT2D eigenvalue weighted by atomic mass is 9.96. The third-order valence-electron chi connectivity index (χ3n) is 5.47. The number of esters is 1. The second kappa shape index (κ2) is 7.37. The number of fused-ring (bicyclic) bond motifs is 2. The van der Waals surface area contributed by atoms with Crippen molar-refractivity contribution in [1.29, 1.82) is 0 Å². The van der Waals surface area contributed by atoms with E-state index < -0.39 is 5.60 Å². The van der Waals surface area contributed by atoms with E-state index in [1.54, 1.807) is 4.90 Å². The zero-order valence-corrected chi connectivity index (χ0v) is 16.8. The van der Waals surface area contributed by atoms with Gasteiger partial charge in [-0.05, 0) is 38.0 Å². The van der Waals surface area contributed by atoms with Crippen molar-refractivity contribution in [2.24, 2.45) is 0 Å². The van der Waals surface area contributed by atoms with Gasteiger partial charge in [0.1, 0.15) is 5.60 Å². The molecule has 0 saturated carbocycles. The van der Waals surface area contributed by atoms with Gasteiger partial charge in [-0.25, -0.2) is 9.59 Å². The third kappa shape index (κ3) is 4.00. The summed E-state index contributed by atoms with van der Waals surface area (Å²) in [6.07, 6.45) is 0.474. The SMILES string of the molecule is CC(C)(C)OC(=O)N1CCN2CC(c3ccc4c(c3)CCOC4=O)OC[C@H]2C1. The maximum absolute atomic E-state index is 12.3. The summed E-state index contributed by atoms with van der Waals surface area (Å²) in [7, 11) is 0. The monoisotopic (exact) mass is 388 g/mol. The standard InChI is InChI=1S/C21H28N2O5/c1-21(2,3)28-20(25)23-8-7-22-12-18(27-13-16(22)11-23)15-4-5-17-14(10-15)6-9-26-19(17)24/h4-5,10,16,18H,6-9,11-13H2,1-3H3/t16-,18?/m1/s1. The van der Waals surface area contributed by atoms with Gasteiger partial charge in [0.25, 0.3) is 0 Å². The second-order valence-electron chi connectivity index (χ2n) is 8.70. The van der Waals surface area contributed by atoms with E-state index in [0.717, 1.165) is 30.6 Å². The van der Waals surface area contributed by atoms with Crippen LogP contribution in [0.15, 0.2) is 18.2 Å². The molecule has 7 nitrogen and oxygen atoms in total. The highest BCUT2D eigenvalue weighted by molar-refractivity contribution is 5.92. The van der Waals surface area contributed by atoms with Gasteiger partial charge in [0, 0.05) is 32.6 Å². The number of hydrogen-bond acceptors (Lipinski definition) is 6. The van der Waals surface area contributed by atoms with E-state index in [-0.39, 0.29) is 24.2 Å². The van der Waals surface area contributed by atoms with Gasteiger partial charge in [0.05, 0.1) is 30.9 Å². The number of benzene rings is 1. The van der Waals surface area contributed by atoms with Crippen LogP contribution in [0.25, 0.3) is 0 Å². The Balaban J connectivity index is 1.39. The number of cyclic esters (lactones) is 1. The van der Waals surface area contributed by atoms with Crippen molar-refractivity contribution >= 4 is 12.1 Å². The number of ether oxygens (including phenoxy) is 3. The summed E-state index contributed by atoms with van der Waals surface area (Å²) in [5.41, 5.74) is 2.31. The van der Waals surface area contributed by atoms with Gasteiger partial charge in [-0.2, -0.15) is 0 Å². The zero-order chi connectivity index (χ0) is 19.9. The molecule has 2 atom stereocenters. The molecule has 0 aromatic heterocycles. The molecule has 1 aromatic rings. The zero-order valence-electron chi connectivity index (χ0n) is 16.8. The molecule has 0 bridgehead atoms. The van der Waals surface area contributed by atoms with Gasteiger partial charge in [-0.3, -0.25) is 4.90 Å². The quantitative estimate of drug-likeness (QED) is 0.688. The van der Waals surface area contributed by atoms with Crippen molar-refractivity contribution in [3.05, 3.63) is 34.9 Å². The Labute approximate surface area is 165 Å². The summed E-state index contributed by atoms with van der Waals surface area (Å²) in [5.74, 6) is -0.240. The van der Waals surface area contributed by atoms with Crippen LogP contribution >= 0.6 is 0 Å². The molecule has 2 saturated heterocycles. The minimum absolute atomic E-state index is 0.0208. The van der Waals surface area contributed by atoms with Crippen LogP contribution in [0.1, 0.15) is 48.4 Å². The molecule has 3 aliphatic rings. The molecule has 0 aliphatic carbocycles. The third-order valence-corrected chi connectivity index (χ3v) is 5.47. The highest BCUT2D eigenvalue weighted by atomic mass is 16.6. The number of piperazine rings is 1. The summed E-state index contributed by atoms with van der Waals surface area (Å²) in [6, 6.07) is 6.08. The number of morpholine rings is 1. The normalized spacial score (nSPS) is 25.5. The van der Waals surface area contributed by atoms with E-state index in [1.165, 1.54) is 0 Å². The Morgan fingerprint density at radius 1 is 1.21 bits per heavy atom. The van der Waals surface area contributed by atoms with E-state index in [4.69, 9.17) is 14.2 Å². The Kier molecular flexibility index (Phi) is 5.05. The number of carbonyl (C=O) groups is 2. The number of carbonyl (C=O) groups excluding carboxylic acids is 2. The van der Waals surface area contributed by atoms with Crippen LogP contribution in [0.5, 0.6) is 0 Å². The van der Waals surface area contributed by atoms with Crippen molar-refractivity contribution in [1.82, 2.24) is 9.80 Å². The first-order valence-corrected chi connectivity index (χ1v) is 9.94. The molecule has 3 heterocycles. The number of rotatable bonds is 1. The van der Waals surface area contributed by atoms with Gasteiger partial charge in [-0.1, -0.05) is 12.1 Å². The van der Waals surface area contributed by atoms with Gasteiger partial charge >= 0.3 is 12.1 Å². The maximum atomic E-state index is 12.3. The molecule has 0 radical (unpaired) electrons. The van der Waals surface area contributed by atoms with Crippen molar-refractivity contribution in [3.63, 3.8) is 0 Å². The fourth-order valence-corrected chi connectivity index (χ4v) is 4.03.